The molecule has 3 atom stereocenters. The van der Waals surface area contributed by atoms with Gasteiger partial charge in [0.2, 0.25) is 11.8 Å². The molecule has 0 saturated heterocycles. The summed E-state index contributed by atoms with van der Waals surface area (Å²) >= 11 is 0. The van der Waals surface area contributed by atoms with E-state index in [1.807, 2.05) is 37.3 Å². The molecule has 0 aromatic heterocycles. The van der Waals surface area contributed by atoms with Crippen molar-refractivity contribution in [1.82, 2.24) is 10.6 Å². The maximum absolute atomic E-state index is 12.0. The first-order valence-corrected chi connectivity index (χ1v) is 6.94. The fourth-order valence-electron chi connectivity index (χ4n) is 1.83. The molecular formula is C15H21N3O4. The number of amides is 2. The number of aliphatic carboxylic acids is 1. The maximum Gasteiger partial charge on any atom is 0.305 e. The highest BCUT2D eigenvalue weighted by Crippen LogP contribution is 2.11. The van der Waals surface area contributed by atoms with Gasteiger partial charge >= 0.3 is 5.97 Å². The molecule has 0 aliphatic rings. The zero-order valence-corrected chi connectivity index (χ0v) is 12.6. The van der Waals surface area contributed by atoms with Crippen LogP contribution in [0.2, 0.25) is 0 Å². The Balaban J connectivity index is 2.51. The molecule has 7 nitrogen and oxygen atoms in total. The molecule has 22 heavy (non-hydrogen) atoms. The number of carboxylic acids is 1. The summed E-state index contributed by atoms with van der Waals surface area (Å²) in [5, 5.41) is 13.8. The van der Waals surface area contributed by atoms with Gasteiger partial charge < -0.3 is 21.5 Å². The molecule has 0 saturated carbocycles. The Morgan fingerprint density at radius 3 is 2.23 bits per heavy atom. The molecule has 2 amide bonds. The van der Waals surface area contributed by atoms with Gasteiger partial charge in [-0.2, -0.15) is 0 Å². The highest BCUT2D eigenvalue weighted by molar-refractivity contribution is 5.91. The van der Waals surface area contributed by atoms with E-state index in [-0.39, 0.29) is 11.9 Å². The SMILES string of the molecule is C[C@@H](NC(=O)[C@@H](N)CC(=O)O)C(=O)N[C@H](C)c1ccccc1. The monoisotopic (exact) mass is 307 g/mol. The van der Waals surface area contributed by atoms with Gasteiger partial charge in [0.25, 0.3) is 0 Å². The Labute approximate surface area is 128 Å². The summed E-state index contributed by atoms with van der Waals surface area (Å²) in [7, 11) is 0. The minimum Gasteiger partial charge on any atom is -0.481 e. The number of nitrogens with one attached hydrogen (secondary N) is 2. The van der Waals surface area contributed by atoms with Gasteiger partial charge in [0.1, 0.15) is 6.04 Å². The van der Waals surface area contributed by atoms with Crippen LogP contribution in [0, 0.1) is 0 Å². The van der Waals surface area contributed by atoms with Crippen LogP contribution < -0.4 is 16.4 Å². The summed E-state index contributed by atoms with van der Waals surface area (Å²) in [6.45, 7) is 3.34. The summed E-state index contributed by atoms with van der Waals surface area (Å²) in [6, 6.07) is 7.19. The van der Waals surface area contributed by atoms with E-state index in [1.165, 1.54) is 6.92 Å². The van der Waals surface area contributed by atoms with Crippen molar-refractivity contribution in [3.63, 3.8) is 0 Å². The first-order valence-electron chi connectivity index (χ1n) is 6.94. The van der Waals surface area contributed by atoms with Gasteiger partial charge in [-0.3, -0.25) is 14.4 Å². The van der Waals surface area contributed by atoms with Crippen LogP contribution in [0.3, 0.4) is 0 Å². The lowest BCUT2D eigenvalue weighted by Crippen LogP contribution is -2.51. The zero-order valence-electron chi connectivity index (χ0n) is 12.6. The normalized spacial score (nSPS) is 14.5. The van der Waals surface area contributed by atoms with E-state index in [0.29, 0.717) is 0 Å². The molecule has 0 aliphatic heterocycles. The average molecular weight is 307 g/mol. The lowest BCUT2D eigenvalue weighted by Gasteiger charge is -2.20. The first kappa shape index (κ1) is 17.6. The molecule has 0 spiro atoms. The van der Waals surface area contributed by atoms with Crippen molar-refractivity contribution in [2.45, 2.75) is 38.4 Å². The minimum absolute atomic E-state index is 0.208. The standard InChI is InChI=1S/C15H21N3O4/c1-9(11-6-4-3-5-7-11)17-14(21)10(2)18-15(22)12(16)8-13(19)20/h3-7,9-10,12H,8,16H2,1-2H3,(H,17,21)(H,18,22)(H,19,20)/t9-,10-,12+/m1/s1. The maximum atomic E-state index is 12.0. The third-order valence-corrected chi connectivity index (χ3v) is 3.14. The van der Waals surface area contributed by atoms with Gasteiger partial charge in [-0.15, -0.1) is 0 Å². The van der Waals surface area contributed by atoms with Crippen molar-refractivity contribution in [2.75, 3.05) is 0 Å². The largest absolute Gasteiger partial charge is 0.481 e. The zero-order chi connectivity index (χ0) is 16.7. The molecule has 5 N–H and O–H groups in total. The summed E-state index contributed by atoms with van der Waals surface area (Å²) in [4.78, 5) is 34.2. The van der Waals surface area contributed by atoms with Gasteiger partial charge in [0.05, 0.1) is 18.5 Å². The third-order valence-electron chi connectivity index (χ3n) is 3.14. The van der Waals surface area contributed by atoms with Crippen molar-refractivity contribution in [3.05, 3.63) is 35.9 Å². The number of nitrogens with two attached hydrogens (primary N) is 1. The average Bonchev–Trinajstić information content (AvgIpc) is 2.47. The predicted octanol–water partition coefficient (Wildman–Crippen LogP) is 0.171. The second kappa shape index (κ2) is 8.14. The van der Waals surface area contributed by atoms with Crippen molar-refractivity contribution < 1.29 is 19.5 Å². The summed E-state index contributed by atoms with van der Waals surface area (Å²) < 4.78 is 0. The second-order valence-corrected chi connectivity index (χ2v) is 5.08. The van der Waals surface area contributed by atoms with Gasteiger partial charge in [-0.25, -0.2) is 0 Å². The van der Waals surface area contributed by atoms with E-state index < -0.39 is 30.4 Å². The van der Waals surface area contributed by atoms with Crippen LogP contribution in [-0.4, -0.2) is 35.0 Å². The smallest absolute Gasteiger partial charge is 0.305 e. The van der Waals surface area contributed by atoms with Gasteiger partial charge in [-0.05, 0) is 19.4 Å². The van der Waals surface area contributed by atoms with E-state index in [9.17, 15) is 14.4 Å². The number of carbonyl (C=O) groups is 3. The van der Waals surface area contributed by atoms with Crippen LogP contribution in [0.4, 0.5) is 0 Å². The lowest BCUT2D eigenvalue weighted by molar-refractivity contribution is -0.139. The van der Waals surface area contributed by atoms with Crippen molar-refractivity contribution in [3.8, 4) is 0 Å². The van der Waals surface area contributed by atoms with Crippen LogP contribution in [0.5, 0.6) is 0 Å². The van der Waals surface area contributed by atoms with Crippen molar-refractivity contribution >= 4 is 17.8 Å². The number of carbonyl (C=O) groups excluding carboxylic acids is 2. The van der Waals surface area contributed by atoms with Crippen LogP contribution >= 0.6 is 0 Å². The number of hydrogen-bond donors (Lipinski definition) is 4. The summed E-state index contributed by atoms with van der Waals surface area (Å²) in [5.41, 5.74) is 6.38. The van der Waals surface area contributed by atoms with E-state index in [1.54, 1.807) is 0 Å². The first-order chi connectivity index (χ1) is 10.3. The minimum atomic E-state index is -1.18. The summed E-state index contributed by atoms with van der Waals surface area (Å²) in [6.07, 6.45) is -0.486. The highest BCUT2D eigenvalue weighted by atomic mass is 16.4. The molecule has 0 unspecified atom stereocenters. The molecule has 120 valence electrons. The molecule has 0 fully saturated rings. The van der Waals surface area contributed by atoms with Crippen LogP contribution in [0.1, 0.15) is 31.9 Å². The van der Waals surface area contributed by atoms with Gasteiger partial charge in [-0.1, -0.05) is 30.3 Å². The molecule has 0 aliphatic carbocycles. The highest BCUT2D eigenvalue weighted by Gasteiger charge is 2.22. The molecular weight excluding hydrogens is 286 g/mol. The third kappa shape index (κ3) is 5.53. The Morgan fingerprint density at radius 1 is 1.09 bits per heavy atom. The molecule has 0 bridgehead atoms. The van der Waals surface area contributed by atoms with Crippen molar-refractivity contribution in [2.24, 2.45) is 5.73 Å². The molecule has 0 heterocycles. The van der Waals surface area contributed by atoms with E-state index >= 15 is 0 Å². The second-order valence-electron chi connectivity index (χ2n) is 5.08. The molecule has 0 radical (unpaired) electrons. The topological polar surface area (TPSA) is 122 Å². The van der Waals surface area contributed by atoms with Gasteiger partial charge in [0, 0.05) is 0 Å². The number of benzene rings is 1. The quantitative estimate of drug-likeness (QED) is 0.572. The lowest BCUT2D eigenvalue weighted by atomic mass is 10.1. The Hall–Kier alpha value is -2.41. The number of rotatable bonds is 7. The van der Waals surface area contributed by atoms with Crippen molar-refractivity contribution in [1.29, 1.82) is 0 Å². The van der Waals surface area contributed by atoms with Gasteiger partial charge in [0.15, 0.2) is 0 Å². The Kier molecular flexibility index (Phi) is 6.52. The van der Waals surface area contributed by atoms with E-state index in [0.717, 1.165) is 5.56 Å². The summed E-state index contributed by atoms with van der Waals surface area (Å²) in [5.74, 6) is -2.21. The number of carboxylic acid groups (broad SMARTS) is 1. The Morgan fingerprint density at radius 2 is 1.68 bits per heavy atom. The van der Waals surface area contributed by atoms with Crippen LogP contribution in [0.25, 0.3) is 0 Å². The van der Waals surface area contributed by atoms with Crippen LogP contribution in [0.15, 0.2) is 30.3 Å². The Bertz CT molecular complexity index is 533. The molecule has 1 rings (SSSR count). The van der Waals surface area contributed by atoms with E-state index in [4.69, 9.17) is 10.8 Å². The van der Waals surface area contributed by atoms with Crippen LogP contribution in [-0.2, 0) is 14.4 Å². The molecule has 1 aromatic carbocycles. The predicted molar refractivity (Wildman–Crippen MR) is 80.8 cm³/mol. The fourth-order valence-corrected chi connectivity index (χ4v) is 1.83. The number of hydrogen-bond acceptors (Lipinski definition) is 4. The van der Waals surface area contributed by atoms with E-state index in [2.05, 4.69) is 10.6 Å². The molecule has 7 heteroatoms. The molecule has 1 aromatic rings. The fraction of sp³-hybridized carbons (Fsp3) is 0.400.